The number of hydrogen-bond acceptors (Lipinski definition) is 5. The molecule has 0 spiro atoms. The molecular weight excluding hydrogens is 280 g/mol. The van der Waals surface area contributed by atoms with Gasteiger partial charge in [-0.05, 0) is 43.8 Å². The summed E-state index contributed by atoms with van der Waals surface area (Å²) in [5.74, 6) is 3.52. The summed E-state index contributed by atoms with van der Waals surface area (Å²) in [6, 6.07) is 2.58. The van der Waals surface area contributed by atoms with Crippen molar-refractivity contribution in [1.82, 2.24) is 9.97 Å². The topological polar surface area (TPSA) is 49.8 Å². The number of thioether (sulfide) groups is 1. The Hall–Kier alpha value is -0.970. The van der Waals surface area contributed by atoms with Gasteiger partial charge in [0.25, 0.3) is 0 Å². The van der Waals surface area contributed by atoms with Crippen LogP contribution in [0.2, 0.25) is 0 Å². The highest BCUT2D eigenvalue weighted by molar-refractivity contribution is 7.98. The van der Waals surface area contributed by atoms with E-state index in [4.69, 9.17) is 0 Å². The van der Waals surface area contributed by atoms with Gasteiger partial charge in [0.2, 0.25) is 0 Å². The number of aromatic nitrogens is 2. The second-order valence-corrected chi connectivity index (χ2v) is 6.93. The fraction of sp³-hybridized carbons (Fsp3) is 0.750. The third kappa shape index (κ3) is 4.77. The summed E-state index contributed by atoms with van der Waals surface area (Å²) in [7, 11) is 0. The first-order chi connectivity index (χ1) is 10.1. The third-order valence-corrected chi connectivity index (χ3v) is 4.94. The van der Waals surface area contributed by atoms with Gasteiger partial charge in [-0.15, -0.1) is 0 Å². The van der Waals surface area contributed by atoms with Gasteiger partial charge in [-0.1, -0.05) is 32.5 Å². The maximum absolute atomic E-state index is 4.60. The Morgan fingerprint density at radius 2 is 1.95 bits per heavy atom. The Labute approximate surface area is 132 Å². The van der Waals surface area contributed by atoms with Gasteiger partial charge in [-0.25, -0.2) is 9.97 Å². The lowest BCUT2D eigenvalue weighted by Crippen LogP contribution is -2.30. The summed E-state index contributed by atoms with van der Waals surface area (Å²) in [5, 5.41) is 7.81. The van der Waals surface area contributed by atoms with Crippen molar-refractivity contribution in [3.63, 3.8) is 0 Å². The van der Waals surface area contributed by atoms with E-state index in [1.165, 1.54) is 19.3 Å². The minimum Gasteiger partial charge on any atom is -0.370 e. The molecule has 1 aliphatic carbocycles. The standard InChI is InChI=1S/C16H28N4S/c1-5-8-17-14-10-15(20-16(19-14)21-4)18-13-7-6-11(2)12(3)9-13/h10-13H,5-9H2,1-4H3,(H2,17,18,19,20). The molecule has 3 unspecified atom stereocenters. The lowest BCUT2D eigenvalue weighted by molar-refractivity contribution is 0.260. The predicted octanol–water partition coefficient (Wildman–Crippen LogP) is 4.26. The van der Waals surface area contributed by atoms with Gasteiger partial charge >= 0.3 is 0 Å². The Bertz CT molecular complexity index is 452. The summed E-state index contributed by atoms with van der Waals surface area (Å²) < 4.78 is 0. The van der Waals surface area contributed by atoms with Crippen molar-refractivity contribution in [2.75, 3.05) is 23.4 Å². The Kier molecular flexibility index (Phi) is 6.15. The summed E-state index contributed by atoms with van der Waals surface area (Å²) in [5.41, 5.74) is 0. The zero-order chi connectivity index (χ0) is 15.2. The molecule has 4 nitrogen and oxygen atoms in total. The van der Waals surface area contributed by atoms with Gasteiger partial charge in [0.1, 0.15) is 11.6 Å². The SMILES string of the molecule is CCCNc1cc(NC2CCC(C)C(C)C2)nc(SC)n1. The molecule has 1 aliphatic rings. The highest BCUT2D eigenvalue weighted by atomic mass is 32.2. The largest absolute Gasteiger partial charge is 0.370 e. The van der Waals surface area contributed by atoms with Crippen LogP contribution < -0.4 is 10.6 Å². The fourth-order valence-corrected chi connectivity index (χ4v) is 3.20. The Balaban J connectivity index is 2.04. The predicted molar refractivity (Wildman–Crippen MR) is 92.2 cm³/mol. The fourth-order valence-electron chi connectivity index (χ4n) is 2.82. The molecule has 3 atom stereocenters. The summed E-state index contributed by atoms with van der Waals surface area (Å²) in [6.07, 6.45) is 6.89. The van der Waals surface area contributed by atoms with Crippen molar-refractivity contribution in [1.29, 1.82) is 0 Å². The molecule has 0 amide bonds. The highest BCUT2D eigenvalue weighted by Crippen LogP contribution is 2.31. The first-order valence-electron chi connectivity index (χ1n) is 8.05. The van der Waals surface area contributed by atoms with Crippen LogP contribution in [0, 0.1) is 11.8 Å². The van der Waals surface area contributed by atoms with Crippen LogP contribution >= 0.6 is 11.8 Å². The molecule has 0 aromatic carbocycles. The smallest absolute Gasteiger partial charge is 0.191 e. The molecule has 2 N–H and O–H groups in total. The molecule has 5 heteroatoms. The average molecular weight is 308 g/mol. The number of anilines is 2. The van der Waals surface area contributed by atoms with Gasteiger partial charge in [-0.3, -0.25) is 0 Å². The molecule has 1 aromatic heterocycles. The molecule has 1 heterocycles. The first-order valence-corrected chi connectivity index (χ1v) is 9.28. The van der Waals surface area contributed by atoms with Crippen LogP contribution in [0.15, 0.2) is 11.2 Å². The first kappa shape index (κ1) is 16.4. The molecule has 1 aromatic rings. The van der Waals surface area contributed by atoms with Gasteiger partial charge in [0.15, 0.2) is 5.16 Å². The van der Waals surface area contributed by atoms with Crippen molar-refractivity contribution in [3.05, 3.63) is 6.07 Å². The zero-order valence-corrected chi connectivity index (χ0v) is 14.5. The van der Waals surface area contributed by atoms with E-state index in [1.807, 2.05) is 12.3 Å². The Morgan fingerprint density at radius 1 is 1.19 bits per heavy atom. The van der Waals surface area contributed by atoms with E-state index in [0.29, 0.717) is 6.04 Å². The van der Waals surface area contributed by atoms with Crippen molar-refractivity contribution in [2.24, 2.45) is 11.8 Å². The molecule has 0 bridgehead atoms. The van der Waals surface area contributed by atoms with Crippen molar-refractivity contribution < 1.29 is 0 Å². The normalized spacial score (nSPS) is 25.6. The lowest BCUT2D eigenvalue weighted by atomic mass is 9.79. The summed E-state index contributed by atoms with van der Waals surface area (Å²) >= 11 is 1.59. The molecular formula is C16H28N4S. The van der Waals surface area contributed by atoms with Crippen LogP contribution in [-0.2, 0) is 0 Å². The molecule has 21 heavy (non-hydrogen) atoms. The number of nitrogens with zero attached hydrogens (tertiary/aromatic N) is 2. The van der Waals surface area contributed by atoms with Crippen LogP contribution in [0.5, 0.6) is 0 Å². The second kappa shape index (κ2) is 7.87. The molecule has 0 radical (unpaired) electrons. The van der Waals surface area contributed by atoms with E-state index < -0.39 is 0 Å². The molecule has 1 fully saturated rings. The maximum atomic E-state index is 4.60. The molecule has 118 valence electrons. The summed E-state index contributed by atoms with van der Waals surface area (Å²) in [6.45, 7) is 7.83. The summed E-state index contributed by atoms with van der Waals surface area (Å²) in [4.78, 5) is 9.11. The van der Waals surface area contributed by atoms with Gasteiger partial charge < -0.3 is 10.6 Å². The average Bonchev–Trinajstić information content (AvgIpc) is 2.48. The molecule has 0 aliphatic heterocycles. The Morgan fingerprint density at radius 3 is 2.62 bits per heavy atom. The minimum absolute atomic E-state index is 0.542. The lowest BCUT2D eigenvalue weighted by Gasteiger charge is -2.32. The number of nitrogens with one attached hydrogen (secondary N) is 2. The van der Waals surface area contributed by atoms with Crippen LogP contribution in [0.1, 0.15) is 46.5 Å². The van der Waals surface area contributed by atoms with Gasteiger partial charge in [0.05, 0.1) is 0 Å². The van der Waals surface area contributed by atoms with Crippen molar-refractivity contribution in [2.45, 2.75) is 57.7 Å². The second-order valence-electron chi connectivity index (χ2n) is 6.16. The van der Waals surface area contributed by atoms with Crippen molar-refractivity contribution >= 4 is 23.4 Å². The van der Waals surface area contributed by atoms with E-state index in [-0.39, 0.29) is 0 Å². The van der Waals surface area contributed by atoms with Gasteiger partial charge in [-0.2, -0.15) is 0 Å². The van der Waals surface area contributed by atoms with E-state index in [0.717, 1.165) is 41.6 Å². The van der Waals surface area contributed by atoms with Crippen LogP contribution in [0.4, 0.5) is 11.6 Å². The number of rotatable bonds is 6. The number of hydrogen-bond donors (Lipinski definition) is 2. The van der Waals surface area contributed by atoms with E-state index in [2.05, 4.69) is 41.4 Å². The van der Waals surface area contributed by atoms with E-state index >= 15 is 0 Å². The van der Waals surface area contributed by atoms with Crippen LogP contribution in [-0.4, -0.2) is 28.8 Å². The monoisotopic (exact) mass is 308 g/mol. The highest BCUT2D eigenvalue weighted by Gasteiger charge is 2.24. The minimum atomic E-state index is 0.542. The maximum Gasteiger partial charge on any atom is 0.191 e. The zero-order valence-electron chi connectivity index (χ0n) is 13.6. The van der Waals surface area contributed by atoms with E-state index in [1.54, 1.807) is 11.8 Å². The van der Waals surface area contributed by atoms with Crippen molar-refractivity contribution in [3.8, 4) is 0 Å². The van der Waals surface area contributed by atoms with E-state index in [9.17, 15) is 0 Å². The molecule has 1 saturated carbocycles. The molecule has 2 rings (SSSR count). The third-order valence-electron chi connectivity index (χ3n) is 4.39. The van der Waals surface area contributed by atoms with Crippen LogP contribution in [0.25, 0.3) is 0 Å². The van der Waals surface area contributed by atoms with Gasteiger partial charge in [0, 0.05) is 18.7 Å². The quantitative estimate of drug-likeness (QED) is 0.607. The molecule has 0 saturated heterocycles. The van der Waals surface area contributed by atoms with Crippen LogP contribution in [0.3, 0.4) is 0 Å².